The Morgan fingerprint density at radius 2 is 1.33 bits per heavy atom. The number of nitrogens with one attached hydrogen (secondary N) is 3. The zero-order chi connectivity index (χ0) is 81.1. The number of aliphatic hydroxyl groups is 1. The van der Waals surface area contributed by atoms with E-state index in [0.717, 1.165) is 77.8 Å². The zero-order valence-corrected chi connectivity index (χ0v) is 66.9. The summed E-state index contributed by atoms with van der Waals surface area (Å²) in [5.41, 5.74) is 10.2. The maximum atomic E-state index is 14.5. The molecule has 2 aliphatic carbocycles. The van der Waals surface area contributed by atoms with Crippen LogP contribution in [0, 0.1) is 12.8 Å². The van der Waals surface area contributed by atoms with Gasteiger partial charge in [0.2, 0.25) is 23.6 Å². The maximum absolute atomic E-state index is 14.5. The van der Waals surface area contributed by atoms with E-state index in [1.54, 1.807) is 52.2 Å². The molecule has 4 heterocycles. The van der Waals surface area contributed by atoms with Gasteiger partial charge in [0.15, 0.2) is 5.72 Å². The average Bonchev–Trinajstić information content (AvgIpc) is 1.56. The number of anilines is 1. The summed E-state index contributed by atoms with van der Waals surface area (Å²) in [5.74, 6) is -3.43. The molecular formula is C87H102ClN9O17. The number of hydrazine groups is 1. The van der Waals surface area contributed by atoms with Crippen molar-refractivity contribution in [2.75, 3.05) is 106 Å². The standard InChI is InChI=1S/C87H102ClN9O17/c1-54-22-21-33-74(107-10)87(106)49-73(112-83(103)91-87)56(3)81-86(5,114-81)75(48-79(101)94(8)72-46-58(44-54)45-55(2)80(72)88)113-82(102)57(4)93(7)78(100)35-40-108-42-43-109-41-37-90-77(99)51-96(85(105)111-53-70-67-30-18-14-26-63(67)64-27-15-19-31-68(64)70)39-36-89-76(98)34-38-97-60(47-59-23-11-20-32-71(59)97)50-92(6)95(9)84(104)110-52-69-65-28-16-12-24-61(65)62-25-13-17-29-66(62)69/h11-33,45-47,56-57,69-70,73-75,81,106H,34-44,48-53H2,1-10H3,(H,89,98)(H,90,99)(H,91,103)/b33-21+,54-22+/t56-,57+,73+,74-,75+,81?,86+,87+/m1/s1. The molecule has 26 nitrogen and oxygen atoms in total. The minimum atomic E-state index is -1.88. The highest BCUT2D eigenvalue weighted by Gasteiger charge is 2.64. The van der Waals surface area contributed by atoms with Crippen LogP contribution >= 0.6 is 11.6 Å². The summed E-state index contributed by atoms with van der Waals surface area (Å²) in [5, 5.41) is 24.8. The van der Waals surface area contributed by atoms with Crippen LogP contribution in [0.2, 0.25) is 5.02 Å². The fraction of sp³-hybridized carbons (Fsp3) is 0.425. The smallest absolute Gasteiger partial charge is 0.424 e. The lowest BCUT2D eigenvalue weighted by Gasteiger charge is -2.42. The summed E-state index contributed by atoms with van der Waals surface area (Å²) in [6, 6.07) is 44.8. The number of ether oxygens (including phenoxy) is 8. The Morgan fingerprint density at radius 3 is 1.96 bits per heavy atom. The number of halogens is 1. The van der Waals surface area contributed by atoms with Gasteiger partial charge in [0.25, 0.3) is 0 Å². The molecule has 4 N–H and O–H groups in total. The normalized spacial score (nSPS) is 21.5. The molecule has 7 amide bonds. The van der Waals surface area contributed by atoms with Gasteiger partial charge >= 0.3 is 24.2 Å². The van der Waals surface area contributed by atoms with Crippen molar-refractivity contribution in [2.24, 2.45) is 5.92 Å². The lowest BCUT2D eigenvalue weighted by atomic mass is 9.83. The average molecular weight is 1580 g/mol. The SMILES string of the molecule is CO[C@@H]1/C=C/C=C(\C)Cc2cc(C)c(Cl)c(c2)N(C)C(=O)C[C@H](OC(=O)[C@H](C)N(C)C(=O)CCOCCOCCNC(=O)CN(CCNC(=O)CCn2c(CN(C)N(C)C(=O)OCC3c4ccccc4-c4ccccc43)cc3ccccc32)C(=O)OCC2c3ccccc3-c3ccccc32)[C@]2(C)OC2[C@H](C)[C@@H]2C[C@@]1(O)NC(=O)O2. The van der Waals surface area contributed by atoms with E-state index < -0.39 is 89.7 Å². The largest absolute Gasteiger partial charge is 0.457 e. The first-order chi connectivity index (χ1) is 54.7. The molecule has 1 unspecified atom stereocenters. The zero-order valence-electron chi connectivity index (χ0n) is 66.2. The molecule has 12 rings (SSSR count). The molecule has 27 heteroatoms. The highest BCUT2D eigenvalue weighted by Crippen LogP contribution is 2.50. The van der Waals surface area contributed by atoms with Crippen molar-refractivity contribution in [3.05, 3.63) is 207 Å². The maximum Gasteiger partial charge on any atom is 0.424 e. The summed E-state index contributed by atoms with van der Waals surface area (Å²) in [6.07, 6.45) is -0.712. The number of methoxy groups -OCH3 is 1. The molecule has 3 aliphatic heterocycles. The first-order valence-corrected chi connectivity index (χ1v) is 39.1. The van der Waals surface area contributed by atoms with Crippen molar-refractivity contribution in [3.8, 4) is 22.3 Å². The molecule has 7 aromatic rings. The molecule has 1 aromatic heterocycles. The number of benzene rings is 6. The number of aromatic nitrogens is 1. The fourth-order valence-electron chi connectivity index (χ4n) is 15.8. The van der Waals surface area contributed by atoms with E-state index in [4.69, 9.17) is 49.5 Å². The van der Waals surface area contributed by atoms with Crippen LogP contribution in [0.5, 0.6) is 0 Å². The third kappa shape index (κ3) is 19.0. The number of fused-ring (bicyclic) bond motifs is 12. The molecule has 114 heavy (non-hydrogen) atoms. The van der Waals surface area contributed by atoms with Crippen LogP contribution in [0.4, 0.5) is 20.1 Å². The first kappa shape index (κ1) is 83.0. The molecule has 2 fully saturated rings. The van der Waals surface area contributed by atoms with Gasteiger partial charge in [0, 0.05) is 103 Å². The predicted molar refractivity (Wildman–Crippen MR) is 429 cm³/mol. The predicted octanol–water partition coefficient (Wildman–Crippen LogP) is 11.0. The first-order valence-electron chi connectivity index (χ1n) is 38.7. The van der Waals surface area contributed by atoms with E-state index in [1.165, 1.54) is 40.8 Å². The lowest BCUT2D eigenvalue weighted by molar-refractivity contribution is -0.162. The molecule has 5 aliphatic rings. The number of esters is 1. The Labute approximate surface area is 669 Å². The van der Waals surface area contributed by atoms with Crippen molar-refractivity contribution in [3.63, 3.8) is 0 Å². The van der Waals surface area contributed by atoms with Gasteiger partial charge < -0.3 is 68.0 Å². The van der Waals surface area contributed by atoms with E-state index >= 15 is 0 Å². The molecule has 8 atom stereocenters. The van der Waals surface area contributed by atoms with Crippen molar-refractivity contribution in [2.45, 2.75) is 133 Å². The van der Waals surface area contributed by atoms with E-state index in [0.29, 0.717) is 30.2 Å². The molecule has 4 bridgehead atoms. The van der Waals surface area contributed by atoms with Crippen molar-refractivity contribution in [1.82, 2.24) is 40.3 Å². The number of nitrogens with zero attached hydrogens (tertiary/aromatic N) is 6. The summed E-state index contributed by atoms with van der Waals surface area (Å²) in [7, 11) is 7.95. The number of para-hydroxylation sites is 1. The van der Waals surface area contributed by atoms with Crippen molar-refractivity contribution >= 4 is 76.1 Å². The van der Waals surface area contributed by atoms with Crippen LogP contribution in [-0.4, -0.2) is 220 Å². The second kappa shape index (κ2) is 36.8. The highest BCUT2D eigenvalue weighted by molar-refractivity contribution is 6.34. The number of rotatable bonds is 28. The molecule has 6 aromatic carbocycles. The molecule has 0 radical (unpaired) electrons. The Hall–Kier alpha value is -10.5. The number of amides is 7. The third-order valence-electron chi connectivity index (χ3n) is 22.5. The van der Waals surface area contributed by atoms with Gasteiger partial charge in [0.05, 0.1) is 62.6 Å². The van der Waals surface area contributed by atoms with E-state index in [-0.39, 0.29) is 109 Å². The number of carbonyl (C=O) groups is 8. The van der Waals surface area contributed by atoms with Gasteiger partial charge in [-0.3, -0.25) is 29.4 Å². The summed E-state index contributed by atoms with van der Waals surface area (Å²) >= 11 is 6.88. The summed E-state index contributed by atoms with van der Waals surface area (Å²) in [6.45, 7) is 9.43. The van der Waals surface area contributed by atoms with Gasteiger partial charge in [-0.2, -0.15) is 0 Å². The number of likely N-dealkylation sites (N-methyl/N-ethyl adjacent to an activating group) is 1. The van der Waals surface area contributed by atoms with Crippen molar-refractivity contribution in [1.29, 1.82) is 0 Å². The van der Waals surface area contributed by atoms with Crippen molar-refractivity contribution < 1.29 is 81.4 Å². The van der Waals surface area contributed by atoms with Crippen LogP contribution in [0.1, 0.15) is 104 Å². The Kier molecular flexibility index (Phi) is 26.8. The summed E-state index contributed by atoms with van der Waals surface area (Å²) < 4.78 is 49.6. The molecule has 0 saturated carbocycles. The quantitative estimate of drug-likeness (QED) is 0.0116. The van der Waals surface area contributed by atoms with Crippen LogP contribution in [-0.2, 0) is 81.4 Å². The van der Waals surface area contributed by atoms with Gasteiger partial charge in [-0.1, -0.05) is 164 Å². The van der Waals surface area contributed by atoms with Gasteiger partial charge in [-0.15, -0.1) is 0 Å². The molecular weight excluding hydrogens is 1480 g/mol. The van der Waals surface area contributed by atoms with Crippen LogP contribution in [0.25, 0.3) is 33.2 Å². The van der Waals surface area contributed by atoms with Crippen LogP contribution < -0.4 is 20.9 Å². The van der Waals surface area contributed by atoms with E-state index in [2.05, 4.69) is 44.8 Å². The number of alkyl carbamates (subject to hydrolysis) is 1. The monoisotopic (exact) mass is 1580 g/mol. The number of hydrogen-bond acceptors (Lipinski definition) is 18. The van der Waals surface area contributed by atoms with E-state index in [1.807, 2.05) is 135 Å². The highest BCUT2D eigenvalue weighted by atomic mass is 35.5. The fourth-order valence-corrected chi connectivity index (χ4v) is 16.0. The molecule has 604 valence electrons. The number of carbonyl (C=O) groups excluding carboxylic acids is 8. The molecule has 0 spiro atoms. The van der Waals surface area contributed by atoms with Gasteiger partial charge in [0.1, 0.15) is 49.7 Å². The number of allylic oxidation sites excluding steroid dienone is 3. The van der Waals surface area contributed by atoms with E-state index in [9.17, 15) is 43.5 Å². The second-order valence-corrected chi connectivity index (χ2v) is 30.5. The Morgan fingerprint density at radius 1 is 0.746 bits per heavy atom. The minimum absolute atomic E-state index is 0.00737. The Balaban J connectivity index is 0.606. The summed E-state index contributed by atoms with van der Waals surface area (Å²) in [4.78, 5) is 115. The van der Waals surface area contributed by atoms with Gasteiger partial charge in [-0.25, -0.2) is 29.2 Å². The number of hydrogen-bond donors (Lipinski definition) is 4. The number of aryl methyl sites for hydroxylation is 2. The third-order valence-corrected chi connectivity index (χ3v) is 23.0. The Bertz CT molecular complexity index is 4690. The lowest BCUT2D eigenvalue weighted by Crippen LogP contribution is -2.63. The minimum Gasteiger partial charge on any atom is -0.457 e. The number of epoxide rings is 1. The topological polar surface area (TPSA) is 291 Å². The van der Waals surface area contributed by atoms with Crippen LogP contribution in [0.15, 0.2) is 163 Å². The second-order valence-electron chi connectivity index (χ2n) is 30.2. The van der Waals surface area contributed by atoms with Gasteiger partial charge in [-0.05, 0) is 113 Å². The molecule has 2 saturated heterocycles. The van der Waals surface area contributed by atoms with Crippen LogP contribution in [0.3, 0.4) is 0 Å².